The van der Waals surface area contributed by atoms with Crippen molar-refractivity contribution in [1.29, 1.82) is 0 Å². The molecule has 2 aromatic rings. The van der Waals surface area contributed by atoms with E-state index in [-0.39, 0.29) is 30.1 Å². The summed E-state index contributed by atoms with van der Waals surface area (Å²) in [5, 5.41) is 0. The molecular formula is C27H34N2O3. The van der Waals surface area contributed by atoms with Gasteiger partial charge >= 0.3 is 0 Å². The standard InChI is InChI=1S/C27H34N2O3/c1-28(22-16-24(31-2)25(32-3)17-23(22)29-14-8-9-15-29)27(30)26-20-12-6-4-10-18(20)19-11-5-7-13-21(19)26/h4-7,10-13,22-26H,8-9,14-17H2,1-3H3/t22-,23-,24+,25-/m1/s1. The van der Waals surface area contributed by atoms with E-state index in [1.54, 1.807) is 14.2 Å². The largest absolute Gasteiger partial charge is 0.379 e. The summed E-state index contributed by atoms with van der Waals surface area (Å²) in [6.45, 7) is 2.21. The molecule has 0 N–H and O–H groups in total. The van der Waals surface area contributed by atoms with Crippen LogP contribution in [-0.4, -0.2) is 74.4 Å². The van der Waals surface area contributed by atoms with Crippen LogP contribution in [0.5, 0.6) is 0 Å². The molecule has 32 heavy (non-hydrogen) atoms. The fraction of sp³-hybridized carbons (Fsp3) is 0.519. The minimum atomic E-state index is -0.243. The van der Waals surface area contributed by atoms with Crippen LogP contribution >= 0.6 is 0 Å². The van der Waals surface area contributed by atoms with Gasteiger partial charge in [-0.15, -0.1) is 0 Å². The van der Waals surface area contributed by atoms with Crippen molar-refractivity contribution in [3.8, 4) is 11.1 Å². The summed E-state index contributed by atoms with van der Waals surface area (Å²) in [6.07, 6.45) is 4.23. The van der Waals surface area contributed by atoms with Gasteiger partial charge in [0.1, 0.15) is 0 Å². The molecule has 1 heterocycles. The molecule has 0 unspecified atom stereocenters. The molecule has 170 valence electrons. The summed E-state index contributed by atoms with van der Waals surface area (Å²) in [4.78, 5) is 18.7. The lowest BCUT2D eigenvalue weighted by molar-refractivity contribution is -0.141. The van der Waals surface area contributed by atoms with Crippen molar-refractivity contribution < 1.29 is 14.3 Å². The molecular weight excluding hydrogens is 400 g/mol. The highest BCUT2D eigenvalue weighted by Crippen LogP contribution is 2.46. The maximum absolute atomic E-state index is 14.1. The van der Waals surface area contributed by atoms with E-state index in [4.69, 9.17) is 9.47 Å². The van der Waals surface area contributed by atoms with Gasteiger partial charge in [-0.1, -0.05) is 48.5 Å². The van der Waals surface area contributed by atoms with Gasteiger partial charge < -0.3 is 14.4 Å². The number of methoxy groups -OCH3 is 2. The zero-order chi connectivity index (χ0) is 22.2. The summed E-state index contributed by atoms with van der Waals surface area (Å²) in [5.74, 6) is -0.0601. The SMILES string of the molecule is CO[C@H]1C[C@@H](N(C)C(=O)C2c3ccccc3-c3ccccc32)[C@H](N2CCCC2)C[C@H]1OC. The molecule has 1 saturated carbocycles. The molecule has 5 heteroatoms. The molecule has 2 aromatic carbocycles. The number of amides is 1. The van der Waals surface area contributed by atoms with Crippen molar-refractivity contribution in [1.82, 2.24) is 9.80 Å². The molecule has 3 aliphatic rings. The number of ether oxygens (including phenoxy) is 2. The molecule has 2 aliphatic carbocycles. The van der Waals surface area contributed by atoms with E-state index < -0.39 is 0 Å². The predicted molar refractivity (Wildman–Crippen MR) is 126 cm³/mol. The zero-order valence-corrected chi connectivity index (χ0v) is 19.4. The third-order valence-electron chi connectivity index (χ3n) is 7.95. The Morgan fingerprint density at radius 2 is 1.41 bits per heavy atom. The van der Waals surface area contributed by atoms with Crippen LogP contribution in [0.4, 0.5) is 0 Å². The third kappa shape index (κ3) is 3.57. The van der Waals surface area contributed by atoms with Gasteiger partial charge in [-0.3, -0.25) is 9.69 Å². The Morgan fingerprint density at radius 1 is 0.875 bits per heavy atom. The number of hydrogen-bond donors (Lipinski definition) is 0. The second-order valence-electron chi connectivity index (χ2n) is 9.45. The van der Waals surface area contributed by atoms with E-state index in [0.29, 0.717) is 6.04 Å². The smallest absolute Gasteiger partial charge is 0.234 e. The average molecular weight is 435 g/mol. The van der Waals surface area contributed by atoms with Crippen LogP contribution in [0.3, 0.4) is 0 Å². The van der Waals surface area contributed by atoms with E-state index in [2.05, 4.69) is 41.3 Å². The van der Waals surface area contributed by atoms with E-state index in [1.165, 1.54) is 24.0 Å². The van der Waals surface area contributed by atoms with Crippen LogP contribution in [0.2, 0.25) is 0 Å². The monoisotopic (exact) mass is 434 g/mol. The van der Waals surface area contributed by atoms with Crippen molar-refractivity contribution in [2.45, 2.75) is 55.9 Å². The number of carbonyl (C=O) groups excluding carboxylic acids is 1. The first kappa shape index (κ1) is 21.6. The van der Waals surface area contributed by atoms with Gasteiger partial charge in [0.05, 0.1) is 18.1 Å². The molecule has 0 radical (unpaired) electrons. The Hall–Kier alpha value is -2.21. The number of likely N-dealkylation sites (N-methyl/N-ethyl adjacent to an activating group) is 1. The molecule has 5 nitrogen and oxygen atoms in total. The van der Waals surface area contributed by atoms with Crippen molar-refractivity contribution in [2.75, 3.05) is 34.4 Å². The van der Waals surface area contributed by atoms with E-state index in [1.807, 2.05) is 24.1 Å². The average Bonchev–Trinajstić information content (AvgIpc) is 3.49. The van der Waals surface area contributed by atoms with Crippen LogP contribution in [0, 0.1) is 0 Å². The lowest BCUT2D eigenvalue weighted by Crippen LogP contribution is -2.59. The number of hydrogen-bond acceptors (Lipinski definition) is 4. The van der Waals surface area contributed by atoms with Crippen molar-refractivity contribution in [3.63, 3.8) is 0 Å². The molecule has 1 saturated heterocycles. The zero-order valence-electron chi connectivity index (χ0n) is 19.4. The van der Waals surface area contributed by atoms with Gasteiger partial charge in [-0.05, 0) is 61.0 Å². The molecule has 0 bridgehead atoms. The Kier molecular flexibility index (Phi) is 6.06. The van der Waals surface area contributed by atoms with Crippen LogP contribution in [0.15, 0.2) is 48.5 Å². The fourth-order valence-corrected chi connectivity index (χ4v) is 6.26. The number of likely N-dealkylation sites (tertiary alicyclic amines) is 1. The van der Waals surface area contributed by atoms with Crippen LogP contribution in [0.25, 0.3) is 11.1 Å². The maximum Gasteiger partial charge on any atom is 0.234 e. The Morgan fingerprint density at radius 3 is 1.97 bits per heavy atom. The molecule has 1 aliphatic heterocycles. The Bertz CT molecular complexity index is 925. The summed E-state index contributed by atoms with van der Waals surface area (Å²) in [6, 6.07) is 17.1. The topological polar surface area (TPSA) is 42.0 Å². The lowest BCUT2D eigenvalue weighted by Gasteiger charge is -2.47. The molecule has 4 atom stereocenters. The summed E-state index contributed by atoms with van der Waals surface area (Å²) in [7, 11) is 5.54. The summed E-state index contributed by atoms with van der Waals surface area (Å²) < 4.78 is 11.6. The third-order valence-corrected chi connectivity index (χ3v) is 7.95. The van der Waals surface area contributed by atoms with E-state index in [9.17, 15) is 4.79 Å². The predicted octanol–water partition coefficient (Wildman–Crippen LogP) is 3.91. The van der Waals surface area contributed by atoms with E-state index in [0.717, 1.165) is 37.1 Å². The molecule has 0 aromatic heterocycles. The van der Waals surface area contributed by atoms with E-state index >= 15 is 0 Å². The van der Waals surface area contributed by atoms with Crippen LogP contribution < -0.4 is 0 Å². The lowest BCUT2D eigenvalue weighted by atomic mass is 9.83. The van der Waals surface area contributed by atoms with Crippen LogP contribution in [0.1, 0.15) is 42.7 Å². The number of rotatable bonds is 5. The number of benzene rings is 2. The first-order chi connectivity index (χ1) is 15.6. The normalized spacial score (nSPS) is 27.8. The van der Waals surface area contributed by atoms with Gasteiger partial charge in [0, 0.05) is 33.4 Å². The maximum atomic E-state index is 14.1. The summed E-state index contributed by atoms with van der Waals surface area (Å²) in [5.41, 5.74) is 4.61. The highest BCUT2D eigenvalue weighted by molar-refractivity contribution is 5.96. The molecule has 1 amide bonds. The minimum absolute atomic E-state index is 0.00209. The highest BCUT2D eigenvalue weighted by atomic mass is 16.5. The van der Waals surface area contributed by atoms with Crippen molar-refractivity contribution in [2.24, 2.45) is 0 Å². The first-order valence-corrected chi connectivity index (χ1v) is 11.9. The van der Waals surface area contributed by atoms with Gasteiger partial charge in [0.2, 0.25) is 5.91 Å². The quantitative estimate of drug-likeness (QED) is 0.716. The number of fused-ring (bicyclic) bond motifs is 3. The molecule has 2 fully saturated rings. The molecule has 5 rings (SSSR count). The van der Waals surface area contributed by atoms with Gasteiger partial charge in [-0.2, -0.15) is 0 Å². The molecule has 0 spiro atoms. The summed E-state index contributed by atoms with van der Waals surface area (Å²) >= 11 is 0. The number of carbonyl (C=O) groups is 1. The Balaban J connectivity index is 1.48. The van der Waals surface area contributed by atoms with Gasteiger partial charge in [0.15, 0.2) is 0 Å². The fourth-order valence-electron chi connectivity index (χ4n) is 6.26. The Labute approximate surface area is 191 Å². The van der Waals surface area contributed by atoms with Gasteiger partial charge in [0.25, 0.3) is 0 Å². The van der Waals surface area contributed by atoms with Gasteiger partial charge in [-0.25, -0.2) is 0 Å². The van der Waals surface area contributed by atoms with Crippen molar-refractivity contribution in [3.05, 3.63) is 59.7 Å². The second kappa shape index (κ2) is 8.97. The highest BCUT2D eigenvalue weighted by Gasteiger charge is 2.45. The van der Waals surface area contributed by atoms with Crippen molar-refractivity contribution >= 4 is 5.91 Å². The second-order valence-corrected chi connectivity index (χ2v) is 9.45. The minimum Gasteiger partial charge on any atom is -0.379 e. The first-order valence-electron chi connectivity index (χ1n) is 11.9. The van der Waals surface area contributed by atoms with Crippen LogP contribution in [-0.2, 0) is 14.3 Å². The number of nitrogens with zero attached hydrogens (tertiary/aromatic N) is 2.